The molecule has 0 fully saturated rings. The van der Waals surface area contributed by atoms with Gasteiger partial charge in [0.1, 0.15) is 6.17 Å². The molecule has 35 heavy (non-hydrogen) atoms. The molecular formula is C29H29N3O3. The highest BCUT2D eigenvalue weighted by atomic mass is 16.2. The normalized spacial score (nSPS) is 16.1. The highest BCUT2D eigenvalue weighted by Gasteiger charge is 2.47. The first kappa shape index (κ1) is 22.8. The van der Waals surface area contributed by atoms with Gasteiger partial charge in [-0.15, -0.1) is 0 Å². The molecule has 2 heterocycles. The number of carbonyl (C=O) groups excluding carboxylic acids is 3. The molecule has 1 N–H and O–H groups in total. The molecule has 1 unspecified atom stereocenters. The second kappa shape index (κ2) is 10.1. The van der Waals surface area contributed by atoms with Gasteiger partial charge in [-0.3, -0.25) is 19.3 Å². The Kier molecular flexibility index (Phi) is 6.62. The zero-order chi connectivity index (χ0) is 24.2. The third kappa shape index (κ3) is 4.56. The number of rotatable bonds is 9. The molecule has 3 amide bonds. The van der Waals surface area contributed by atoms with Crippen LogP contribution in [0.4, 0.5) is 5.69 Å². The fourth-order valence-electron chi connectivity index (χ4n) is 5.02. The second-order valence-electron chi connectivity index (χ2n) is 9.05. The van der Waals surface area contributed by atoms with E-state index >= 15 is 0 Å². The van der Waals surface area contributed by atoms with Gasteiger partial charge in [0.15, 0.2) is 0 Å². The summed E-state index contributed by atoms with van der Waals surface area (Å²) in [5, 5.41) is 2.99. The van der Waals surface area contributed by atoms with Crippen LogP contribution in [0.15, 0.2) is 78.9 Å². The van der Waals surface area contributed by atoms with E-state index in [0.29, 0.717) is 36.3 Å². The summed E-state index contributed by atoms with van der Waals surface area (Å²) in [5.41, 5.74) is 3.97. The minimum atomic E-state index is -0.414. The summed E-state index contributed by atoms with van der Waals surface area (Å²) < 4.78 is 0. The summed E-state index contributed by atoms with van der Waals surface area (Å²) in [5.74, 6) is -0.0573. The number of anilines is 1. The Morgan fingerprint density at radius 3 is 2.31 bits per heavy atom. The lowest BCUT2D eigenvalue weighted by Gasteiger charge is -2.41. The van der Waals surface area contributed by atoms with Gasteiger partial charge in [-0.25, -0.2) is 0 Å². The first-order chi connectivity index (χ1) is 17.1. The third-order valence-corrected chi connectivity index (χ3v) is 6.76. The van der Waals surface area contributed by atoms with E-state index in [9.17, 15) is 14.4 Å². The molecule has 0 aromatic heterocycles. The molecule has 2 aliphatic heterocycles. The number of fused-ring (bicyclic) bond motifs is 5. The number of carbonyl (C=O) groups is 3. The van der Waals surface area contributed by atoms with Gasteiger partial charge < -0.3 is 10.2 Å². The maximum atomic E-state index is 13.4. The second-order valence-corrected chi connectivity index (χ2v) is 9.05. The quantitative estimate of drug-likeness (QED) is 0.463. The number of nitrogens with one attached hydrogen (secondary N) is 1. The van der Waals surface area contributed by atoms with Gasteiger partial charge in [-0.1, -0.05) is 67.1 Å². The Balaban J connectivity index is 1.17. The minimum Gasteiger partial charge on any atom is -0.356 e. The number of unbranched alkanes of at least 4 members (excludes halogenated alkanes) is 2. The number of amides is 3. The minimum absolute atomic E-state index is 0.0509. The monoisotopic (exact) mass is 467 g/mol. The maximum absolute atomic E-state index is 13.4. The summed E-state index contributed by atoms with van der Waals surface area (Å²) in [7, 11) is 0. The Hall–Kier alpha value is -3.93. The topological polar surface area (TPSA) is 69.7 Å². The van der Waals surface area contributed by atoms with Crippen molar-refractivity contribution in [1.82, 2.24) is 10.2 Å². The Labute approximate surface area is 205 Å². The molecule has 6 heteroatoms. The fourth-order valence-corrected chi connectivity index (χ4v) is 5.02. The average molecular weight is 468 g/mol. The van der Waals surface area contributed by atoms with E-state index in [1.165, 1.54) is 5.56 Å². The zero-order valence-electron chi connectivity index (χ0n) is 19.7. The Morgan fingerprint density at radius 2 is 1.49 bits per heavy atom. The van der Waals surface area contributed by atoms with Crippen molar-refractivity contribution >= 4 is 23.4 Å². The van der Waals surface area contributed by atoms with Crippen LogP contribution >= 0.6 is 0 Å². The summed E-state index contributed by atoms with van der Waals surface area (Å²) >= 11 is 0. The number of hydrogen-bond acceptors (Lipinski definition) is 3. The Bertz CT molecular complexity index is 1240. The summed E-state index contributed by atoms with van der Waals surface area (Å²) in [6.45, 7) is 1.17. The SMILES string of the molecule is O=C(CCCCCN1C(=O)c2ccccc2N2C(=O)c3ccccc3C12)NCCc1ccccc1. The van der Waals surface area contributed by atoms with Gasteiger partial charge >= 0.3 is 0 Å². The lowest BCUT2D eigenvalue weighted by atomic mass is 10.0. The molecule has 0 saturated heterocycles. The van der Waals surface area contributed by atoms with Crippen LogP contribution in [-0.4, -0.2) is 35.7 Å². The molecule has 6 nitrogen and oxygen atoms in total. The van der Waals surface area contributed by atoms with Crippen LogP contribution in [0.1, 0.15) is 63.7 Å². The molecule has 0 saturated carbocycles. The third-order valence-electron chi connectivity index (χ3n) is 6.76. The van der Waals surface area contributed by atoms with Gasteiger partial charge in [0.2, 0.25) is 5.91 Å². The van der Waals surface area contributed by atoms with E-state index < -0.39 is 6.17 Å². The van der Waals surface area contributed by atoms with E-state index in [1.54, 1.807) is 11.0 Å². The van der Waals surface area contributed by atoms with Crippen LogP contribution < -0.4 is 10.2 Å². The van der Waals surface area contributed by atoms with Gasteiger partial charge in [-0.05, 0) is 43.0 Å². The number of hydrogen-bond donors (Lipinski definition) is 1. The van der Waals surface area contributed by atoms with Crippen LogP contribution in [0, 0.1) is 0 Å². The highest BCUT2D eigenvalue weighted by Crippen LogP contribution is 2.45. The standard InChI is InChI=1S/C29H29N3O3/c33-26(30-19-18-21-11-3-1-4-12-21)17-5-2-10-20-31-27-22-13-6-7-14-23(22)29(35)32(27)25-16-9-8-15-24(25)28(31)34/h1,3-4,6-9,11-16,27H,2,5,10,17-20H2,(H,30,33). The molecular weight excluding hydrogens is 438 g/mol. The molecule has 0 spiro atoms. The average Bonchev–Trinajstić information content (AvgIpc) is 3.19. The van der Waals surface area contributed by atoms with Crippen LogP contribution in [0.5, 0.6) is 0 Å². The van der Waals surface area contributed by atoms with Gasteiger partial charge in [0, 0.05) is 30.6 Å². The van der Waals surface area contributed by atoms with Gasteiger partial charge in [-0.2, -0.15) is 0 Å². The molecule has 2 aliphatic rings. The van der Waals surface area contributed by atoms with Crippen molar-refractivity contribution in [2.24, 2.45) is 0 Å². The largest absolute Gasteiger partial charge is 0.356 e. The zero-order valence-corrected chi connectivity index (χ0v) is 19.7. The smallest absolute Gasteiger partial charge is 0.260 e. The maximum Gasteiger partial charge on any atom is 0.260 e. The van der Waals surface area contributed by atoms with Crippen molar-refractivity contribution in [2.75, 3.05) is 18.0 Å². The summed E-state index contributed by atoms with van der Waals surface area (Å²) in [6.07, 6.45) is 3.25. The molecule has 5 rings (SSSR count). The van der Waals surface area contributed by atoms with E-state index in [1.807, 2.05) is 65.6 Å². The fraction of sp³-hybridized carbons (Fsp3) is 0.276. The van der Waals surface area contributed by atoms with Crippen molar-refractivity contribution in [3.63, 3.8) is 0 Å². The molecule has 0 radical (unpaired) electrons. The van der Waals surface area contributed by atoms with Gasteiger partial charge in [0.05, 0.1) is 11.3 Å². The molecule has 178 valence electrons. The first-order valence-electron chi connectivity index (χ1n) is 12.3. The predicted octanol–water partition coefficient (Wildman–Crippen LogP) is 4.72. The predicted molar refractivity (Wildman–Crippen MR) is 135 cm³/mol. The summed E-state index contributed by atoms with van der Waals surface area (Å²) in [4.78, 5) is 42.4. The van der Waals surface area contributed by atoms with E-state index in [0.717, 1.165) is 31.2 Å². The molecule has 1 atom stereocenters. The van der Waals surface area contributed by atoms with E-state index in [2.05, 4.69) is 17.4 Å². The van der Waals surface area contributed by atoms with Crippen LogP contribution in [0.3, 0.4) is 0 Å². The number of para-hydroxylation sites is 1. The lowest BCUT2D eigenvalue weighted by Crippen LogP contribution is -2.48. The number of benzene rings is 3. The van der Waals surface area contributed by atoms with E-state index in [4.69, 9.17) is 0 Å². The van der Waals surface area contributed by atoms with Crippen molar-refractivity contribution in [3.05, 3.63) is 101 Å². The van der Waals surface area contributed by atoms with Crippen LogP contribution in [0.25, 0.3) is 0 Å². The van der Waals surface area contributed by atoms with Crippen molar-refractivity contribution in [3.8, 4) is 0 Å². The lowest BCUT2D eigenvalue weighted by molar-refractivity contribution is -0.121. The Morgan fingerprint density at radius 1 is 0.771 bits per heavy atom. The molecule has 0 bridgehead atoms. The highest BCUT2D eigenvalue weighted by molar-refractivity contribution is 6.16. The van der Waals surface area contributed by atoms with Gasteiger partial charge in [0.25, 0.3) is 11.8 Å². The first-order valence-corrected chi connectivity index (χ1v) is 12.3. The van der Waals surface area contributed by atoms with E-state index in [-0.39, 0.29) is 17.7 Å². The summed E-state index contributed by atoms with van der Waals surface area (Å²) in [6, 6.07) is 25.0. The number of nitrogens with zero attached hydrogens (tertiary/aromatic N) is 2. The molecule has 0 aliphatic carbocycles. The molecule has 3 aromatic carbocycles. The van der Waals surface area contributed by atoms with Crippen molar-refractivity contribution < 1.29 is 14.4 Å². The molecule has 3 aromatic rings. The van der Waals surface area contributed by atoms with Crippen LogP contribution in [-0.2, 0) is 11.2 Å². The van der Waals surface area contributed by atoms with Crippen molar-refractivity contribution in [1.29, 1.82) is 0 Å². The van der Waals surface area contributed by atoms with Crippen molar-refractivity contribution in [2.45, 2.75) is 38.3 Å². The van der Waals surface area contributed by atoms with Crippen LogP contribution in [0.2, 0.25) is 0 Å².